The summed E-state index contributed by atoms with van der Waals surface area (Å²) in [5, 5.41) is 0. The fraction of sp³-hybridized carbons (Fsp3) is 0.368. The number of sulfonamides is 1. The number of para-hydroxylation sites is 1. The van der Waals surface area contributed by atoms with Gasteiger partial charge in [0.25, 0.3) is 0 Å². The lowest BCUT2D eigenvalue weighted by Crippen LogP contribution is -2.28. The summed E-state index contributed by atoms with van der Waals surface area (Å²) in [5.74, 6) is -2.43. The van der Waals surface area contributed by atoms with Gasteiger partial charge >= 0.3 is 5.76 Å². The molecule has 2 aromatic rings. The third-order valence-corrected chi connectivity index (χ3v) is 7.28. The zero-order valence-electron chi connectivity index (χ0n) is 16.3. The molecule has 0 unspecified atom stereocenters. The van der Waals surface area contributed by atoms with Crippen LogP contribution in [-0.4, -0.2) is 41.3 Å². The molecule has 0 radical (unpaired) electrons. The van der Waals surface area contributed by atoms with E-state index in [1.54, 1.807) is 6.07 Å². The van der Waals surface area contributed by atoms with Gasteiger partial charge in [-0.25, -0.2) is 21.6 Å². The second-order valence-electron chi connectivity index (χ2n) is 7.31. The van der Waals surface area contributed by atoms with Crippen molar-refractivity contribution in [3.8, 4) is 11.5 Å². The van der Waals surface area contributed by atoms with Crippen LogP contribution in [0.3, 0.4) is 0 Å². The number of hydrogen-bond acceptors (Lipinski definition) is 6. The molecule has 11 heteroatoms. The minimum Gasteiger partial charge on any atom is -0.488 e. The molecule has 2 aromatic carbocycles. The normalized spacial score (nSPS) is 15.6. The predicted molar refractivity (Wildman–Crippen MR) is 105 cm³/mol. The van der Waals surface area contributed by atoms with Gasteiger partial charge in [0.2, 0.25) is 19.9 Å². The summed E-state index contributed by atoms with van der Waals surface area (Å²) < 4.78 is 86.5. The van der Waals surface area contributed by atoms with E-state index in [4.69, 9.17) is 9.47 Å². The van der Waals surface area contributed by atoms with Crippen LogP contribution in [0, 0.1) is 0 Å². The van der Waals surface area contributed by atoms with E-state index in [2.05, 4.69) is 4.72 Å². The highest BCUT2D eigenvalue weighted by Gasteiger charge is 2.32. The van der Waals surface area contributed by atoms with Gasteiger partial charge in [-0.15, -0.1) is 0 Å². The molecule has 0 atom stereocenters. The molecule has 7 nitrogen and oxygen atoms in total. The Labute approximate surface area is 174 Å². The molecule has 30 heavy (non-hydrogen) atoms. The van der Waals surface area contributed by atoms with Crippen LogP contribution in [0.5, 0.6) is 11.5 Å². The first-order chi connectivity index (χ1) is 13.9. The molecule has 0 fully saturated rings. The fourth-order valence-corrected chi connectivity index (χ4v) is 4.77. The zero-order valence-corrected chi connectivity index (χ0v) is 17.9. The Bertz CT molecular complexity index is 1130. The standard InChI is InChI=1S/C19H21F2NO6S2/c1-19(2)12-13-4-3-5-16(17(13)28-19)27-11-10-22-30(25,26)15-8-6-14(7-9-15)29(23,24)18(20)21/h3-9,18,22H,10-12H2,1-2H3. The smallest absolute Gasteiger partial charge is 0.341 e. The van der Waals surface area contributed by atoms with Crippen molar-refractivity contribution < 1.29 is 35.1 Å². The van der Waals surface area contributed by atoms with Crippen LogP contribution in [0.25, 0.3) is 0 Å². The van der Waals surface area contributed by atoms with Crippen LogP contribution in [-0.2, 0) is 26.3 Å². The summed E-state index contributed by atoms with van der Waals surface area (Å²) in [7, 11) is -8.76. The third-order valence-electron chi connectivity index (χ3n) is 4.40. The lowest BCUT2D eigenvalue weighted by Gasteiger charge is -2.18. The molecule has 3 rings (SSSR count). The van der Waals surface area contributed by atoms with Gasteiger partial charge in [0.1, 0.15) is 12.2 Å². The first-order valence-corrected chi connectivity index (χ1v) is 12.0. The molecule has 1 aliphatic rings. The molecule has 0 amide bonds. The zero-order chi connectivity index (χ0) is 22.2. The molecule has 0 saturated carbocycles. The summed E-state index contributed by atoms with van der Waals surface area (Å²) in [6.07, 6.45) is 0.740. The first-order valence-electron chi connectivity index (χ1n) is 8.98. The van der Waals surface area contributed by atoms with Gasteiger partial charge in [0, 0.05) is 18.5 Å². The third kappa shape index (κ3) is 4.73. The average Bonchev–Trinajstić information content (AvgIpc) is 2.99. The van der Waals surface area contributed by atoms with Crippen LogP contribution in [0.4, 0.5) is 8.78 Å². The Hall–Kier alpha value is -2.24. The Morgan fingerprint density at radius 3 is 2.33 bits per heavy atom. The molecule has 0 bridgehead atoms. The number of ether oxygens (including phenoxy) is 2. The van der Waals surface area contributed by atoms with Crippen molar-refractivity contribution in [2.24, 2.45) is 0 Å². The van der Waals surface area contributed by atoms with Gasteiger partial charge in [0.05, 0.1) is 9.79 Å². The lowest BCUT2D eigenvalue weighted by atomic mass is 10.0. The van der Waals surface area contributed by atoms with Gasteiger partial charge < -0.3 is 9.47 Å². The van der Waals surface area contributed by atoms with Crippen molar-refractivity contribution in [3.63, 3.8) is 0 Å². The van der Waals surface area contributed by atoms with Crippen molar-refractivity contribution in [3.05, 3.63) is 48.0 Å². The molecule has 164 valence electrons. The highest BCUT2D eigenvalue weighted by atomic mass is 32.2. The summed E-state index contributed by atoms with van der Waals surface area (Å²) in [6.45, 7) is 3.88. The van der Waals surface area contributed by atoms with Crippen LogP contribution in [0.15, 0.2) is 52.3 Å². The van der Waals surface area contributed by atoms with Crippen LogP contribution in [0.1, 0.15) is 19.4 Å². The molecule has 1 heterocycles. The number of benzene rings is 2. The molecule has 0 aromatic heterocycles. The Kier molecular flexibility index (Phi) is 6.08. The quantitative estimate of drug-likeness (QED) is 0.607. The van der Waals surface area contributed by atoms with Crippen molar-refractivity contribution in [2.45, 2.75) is 41.4 Å². The second-order valence-corrected chi connectivity index (χ2v) is 11.0. The molecule has 0 spiro atoms. The monoisotopic (exact) mass is 461 g/mol. The number of sulfone groups is 1. The van der Waals surface area contributed by atoms with Gasteiger partial charge in [-0.2, -0.15) is 8.78 Å². The molecule has 0 saturated heterocycles. The van der Waals surface area contributed by atoms with Crippen molar-refractivity contribution >= 4 is 19.9 Å². The highest BCUT2D eigenvalue weighted by Crippen LogP contribution is 2.41. The lowest BCUT2D eigenvalue weighted by molar-refractivity contribution is 0.132. The Morgan fingerprint density at radius 2 is 1.70 bits per heavy atom. The predicted octanol–water partition coefficient (Wildman–Crippen LogP) is 2.75. The molecular weight excluding hydrogens is 440 g/mol. The number of rotatable bonds is 8. The summed E-state index contributed by atoms with van der Waals surface area (Å²) in [6, 6.07) is 9.08. The number of alkyl halides is 2. The number of nitrogens with one attached hydrogen (secondary N) is 1. The molecule has 1 aliphatic heterocycles. The largest absolute Gasteiger partial charge is 0.488 e. The van der Waals surface area contributed by atoms with Gasteiger partial charge in [0.15, 0.2) is 11.5 Å². The van der Waals surface area contributed by atoms with E-state index in [0.717, 1.165) is 36.2 Å². The molecule has 1 N–H and O–H groups in total. The topological polar surface area (TPSA) is 98.8 Å². The van der Waals surface area contributed by atoms with Crippen LogP contribution >= 0.6 is 0 Å². The number of fused-ring (bicyclic) bond motifs is 1. The van der Waals surface area contributed by atoms with Gasteiger partial charge in [-0.1, -0.05) is 12.1 Å². The van der Waals surface area contributed by atoms with Crippen LogP contribution in [0.2, 0.25) is 0 Å². The SMILES string of the molecule is CC1(C)Cc2cccc(OCCNS(=O)(=O)c3ccc(S(=O)(=O)C(F)F)cc3)c2O1. The average molecular weight is 462 g/mol. The van der Waals surface area contributed by atoms with E-state index in [-0.39, 0.29) is 23.6 Å². The summed E-state index contributed by atoms with van der Waals surface area (Å²) in [4.78, 5) is -0.901. The van der Waals surface area contributed by atoms with Crippen LogP contribution < -0.4 is 14.2 Å². The minimum absolute atomic E-state index is 0.0251. The van der Waals surface area contributed by atoms with E-state index in [1.807, 2.05) is 26.0 Å². The second kappa shape index (κ2) is 8.12. The van der Waals surface area contributed by atoms with Crippen molar-refractivity contribution in [1.29, 1.82) is 0 Å². The van der Waals surface area contributed by atoms with E-state index >= 15 is 0 Å². The van der Waals surface area contributed by atoms with Crippen molar-refractivity contribution in [1.82, 2.24) is 4.72 Å². The maximum Gasteiger partial charge on any atom is 0.341 e. The van der Waals surface area contributed by atoms with E-state index in [1.165, 1.54) is 0 Å². The molecular formula is C19H21F2NO6S2. The van der Waals surface area contributed by atoms with Crippen molar-refractivity contribution in [2.75, 3.05) is 13.2 Å². The maximum atomic E-state index is 12.6. The highest BCUT2D eigenvalue weighted by molar-refractivity contribution is 7.91. The van der Waals surface area contributed by atoms with Gasteiger partial charge in [-0.3, -0.25) is 0 Å². The summed E-state index contributed by atoms with van der Waals surface area (Å²) >= 11 is 0. The van der Waals surface area contributed by atoms with E-state index in [9.17, 15) is 25.6 Å². The minimum atomic E-state index is -4.78. The summed E-state index contributed by atoms with van der Waals surface area (Å²) in [5.41, 5.74) is 0.671. The van der Waals surface area contributed by atoms with E-state index < -0.39 is 30.5 Å². The maximum absolute atomic E-state index is 12.6. The molecule has 0 aliphatic carbocycles. The number of hydrogen-bond donors (Lipinski definition) is 1. The Morgan fingerprint density at radius 1 is 1.07 bits per heavy atom. The van der Waals surface area contributed by atoms with E-state index in [0.29, 0.717) is 11.5 Å². The number of halogens is 2. The van der Waals surface area contributed by atoms with Gasteiger partial charge in [-0.05, 0) is 44.2 Å². The first kappa shape index (κ1) is 22.4. The Balaban J connectivity index is 1.60. The fourth-order valence-electron chi connectivity index (χ4n) is 3.03.